The predicted octanol–water partition coefficient (Wildman–Crippen LogP) is 1.10. The summed E-state index contributed by atoms with van der Waals surface area (Å²) in [4.78, 5) is 13.1. The molecule has 18 heavy (non-hydrogen) atoms. The van der Waals surface area contributed by atoms with Gasteiger partial charge in [-0.1, -0.05) is 15.9 Å². The van der Waals surface area contributed by atoms with E-state index in [1.165, 1.54) is 0 Å². The van der Waals surface area contributed by atoms with Crippen molar-refractivity contribution in [1.82, 2.24) is 15.1 Å². The van der Waals surface area contributed by atoms with E-state index in [1.807, 2.05) is 19.0 Å². The summed E-state index contributed by atoms with van der Waals surface area (Å²) in [5.74, 6) is 0.289. The summed E-state index contributed by atoms with van der Waals surface area (Å²) in [6.07, 6.45) is 1.31. The Bertz CT molecular complexity index is 375. The number of carbonyl (C=O) groups excluding carboxylic acids is 1. The third kappa shape index (κ3) is 4.23. The topological polar surface area (TPSA) is 67.3 Å². The number of nitrogens with zero attached hydrogens (tertiary/aromatic N) is 3. The third-order valence-electron chi connectivity index (χ3n) is 2.21. The zero-order chi connectivity index (χ0) is 13.5. The summed E-state index contributed by atoms with van der Waals surface area (Å²) in [6, 6.07) is 3.56. The van der Waals surface area contributed by atoms with Crippen LogP contribution >= 0.6 is 15.9 Å². The van der Waals surface area contributed by atoms with Crippen molar-refractivity contribution >= 4 is 27.7 Å². The molecule has 0 saturated heterocycles. The van der Waals surface area contributed by atoms with E-state index in [0.29, 0.717) is 12.4 Å². The number of rotatable bonds is 6. The second-order valence-electron chi connectivity index (χ2n) is 3.82. The summed E-state index contributed by atoms with van der Waals surface area (Å²) in [6.45, 7) is 2.13. The number of halogens is 1. The number of ether oxygens (including phenoxy) is 1. The van der Waals surface area contributed by atoms with Gasteiger partial charge in [0.2, 0.25) is 0 Å². The van der Waals surface area contributed by atoms with Gasteiger partial charge in [-0.25, -0.2) is 0 Å². The molecule has 100 valence electrons. The van der Waals surface area contributed by atoms with Gasteiger partial charge < -0.3 is 10.1 Å². The monoisotopic (exact) mass is 316 g/mol. The van der Waals surface area contributed by atoms with Crippen LogP contribution in [0, 0.1) is 0 Å². The van der Waals surface area contributed by atoms with Gasteiger partial charge in [-0.2, -0.15) is 5.10 Å². The fraction of sp³-hybridized carbons (Fsp3) is 0.545. The SMILES string of the molecule is CCOC(=O)C(Br)C(Nc1cccnn1)N(C)C. The lowest BCUT2D eigenvalue weighted by atomic mass is 10.3. The van der Waals surface area contributed by atoms with Crippen molar-refractivity contribution in [1.29, 1.82) is 0 Å². The minimum atomic E-state index is -0.491. The average Bonchev–Trinajstić information content (AvgIpc) is 2.36. The van der Waals surface area contributed by atoms with Gasteiger partial charge in [0, 0.05) is 6.20 Å². The number of esters is 1. The molecule has 2 unspecified atom stereocenters. The Morgan fingerprint density at radius 2 is 2.33 bits per heavy atom. The third-order valence-corrected chi connectivity index (χ3v) is 3.09. The van der Waals surface area contributed by atoms with Crippen LogP contribution in [0.3, 0.4) is 0 Å². The van der Waals surface area contributed by atoms with Crippen LogP contribution in [-0.4, -0.2) is 52.8 Å². The number of hydrogen-bond acceptors (Lipinski definition) is 6. The lowest BCUT2D eigenvalue weighted by Crippen LogP contribution is -2.46. The summed E-state index contributed by atoms with van der Waals surface area (Å²) in [5, 5.41) is 10.8. The Morgan fingerprint density at radius 1 is 1.61 bits per heavy atom. The highest BCUT2D eigenvalue weighted by Crippen LogP contribution is 2.14. The molecular formula is C11H17BrN4O2. The maximum Gasteiger partial charge on any atom is 0.323 e. The first kappa shape index (κ1) is 14.8. The predicted molar refractivity (Wildman–Crippen MR) is 72.5 cm³/mol. The largest absolute Gasteiger partial charge is 0.465 e. The highest BCUT2D eigenvalue weighted by Gasteiger charge is 2.29. The van der Waals surface area contributed by atoms with Crippen LogP contribution in [0.4, 0.5) is 5.82 Å². The van der Waals surface area contributed by atoms with Gasteiger partial charge in [-0.3, -0.25) is 9.69 Å². The minimum absolute atomic E-state index is 0.277. The molecule has 1 aromatic rings. The lowest BCUT2D eigenvalue weighted by Gasteiger charge is -2.28. The molecule has 2 atom stereocenters. The molecule has 0 aromatic carbocycles. The summed E-state index contributed by atoms with van der Waals surface area (Å²) in [5.41, 5.74) is 0. The number of anilines is 1. The Kier molecular flexibility index (Phi) is 6.00. The van der Waals surface area contributed by atoms with E-state index in [1.54, 1.807) is 25.3 Å². The van der Waals surface area contributed by atoms with Gasteiger partial charge in [0.05, 0.1) is 6.61 Å². The molecule has 0 spiro atoms. The number of hydrogen-bond donors (Lipinski definition) is 1. The van der Waals surface area contributed by atoms with Gasteiger partial charge in [0.25, 0.3) is 0 Å². The minimum Gasteiger partial charge on any atom is -0.465 e. The lowest BCUT2D eigenvalue weighted by molar-refractivity contribution is -0.143. The van der Waals surface area contributed by atoms with Crippen molar-refractivity contribution in [2.24, 2.45) is 0 Å². The van der Waals surface area contributed by atoms with Crippen molar-refractivity contribution in [2.75, 3.05) is 26.0 Å². The average molecular weight is 317 g/mol. The highest BCUT2D eigenvalue weighted by molar-refractivity contribution is 9.10. The van der Waals surface area contributed by atoms with Gasteiger partial charge in [-0.05, 0) is 33.2 Å². The van der Waals surface area contributed by atoms with Gasteiger partial charge in [-0.15, -0.1) is 5.10 Å². The van der Waals surface area contributed by atoms with Crippen LogP contribution in [0.1, 0.15) is 6.92 Å². The first-order chi connectivity index (χ1) is 8.56. The van der Waals surface area contributed by atoms with Gasteiger partial charge in [0.1, 0.15) is 16.8 Å². The van der Waals surface area contributed by atoms with E-state index in [4.69, 9.17) is 4.74 Å². The fourth-order valence-corrected chi connectivity index (χ4v) is 2.08. The quantitative estimate of drug-likeness (QED) is 0.481. The molecule has 0 saturated carbocycles. The maximum atomic E-state index is 11.7. The summed E-state index contributed by atoms with van der Waals surface area (Å²) in [7, 11) is 3.73. The molecule has 0 aliphatic rings. The number of alkyl halides is 1. The Hall–Kier alpha value is -1.21. The van der Waals surface area contributed by atoms with E-state index in [9.17, 15) is 4.79 Å². The normalized spacial score (nSPS) is 14.1. The number of nitrogens with one attached hydrogen (secondary N) is 1. The maximum absolute atomic E-state index is 11.7. The molecule has 0 amide bonds. The molecule has 6 nitrogen and oxygen atoms in total. The molecule has 1 heterocycles. The van der Waals surface area contributed by atoms with E-state index < -0.39 is 4.83 Å². The molecular weight excluding hydrogens is 300 g/mol. The van der Waals surface area contributed by atoms with Crippen molar-refractivity contribution < 1.29 is 9.53 Å². The zero-order valence-corrected chi connectivity index (χ0v) is 12.2. The smallest absolute Gasteiger partial charge is 0.323 e. The van der Waals surface area contributed by atoms with Crippen LogP contribution < -0.4 is 5.32 Å². The fourth-order valence-electron chi connectivity index (χ4n) is 1.34. The Balaban J connectivity index is 2.74. The Labute approximate surface area is 115 Å². The van der Waals surface area contributed by atoms with Gasteiger partial charge in [0.15, 0.2) is 0 Å². The van der Waals surface area contributed by atoms with Crippen molar-refractivity contribution in [3.63, 3.8) is 0 Å². The van der Waals surface area contributed by atoms with Crippen LogP contribution in [0.5, 0.6) is 0 Å². The van der Waals surface area contributed by atoms with Crippen molar-refractivity contribution in [3.05, 3.63) is 18.3 Å². The van der Waals surface area contributed by atoms with Crippen molar-refractivity contribution in [2.45, 2.75) is 17.9 Å². The molecule has 1 aromatic heterocycles. The first-order valence-corrected chi connectivity index (χ1v) is 6.49. The molecule has 1 N–H and O–H groups in total. The highest BCUT2D eigenvalue weighted by atomic mass is 79.9. The molecule has 7 heteroatoms. The van der Waals surface area contributed by atoms with Gasteiger partial charge >= 0.3 is 5.97 Å². The van der Waals surface area contributed by atoms with Crippen molar-refractivity contribution in [3.8, 4) is 0 Å². The second kappa shape index (κ2) is 7.27. The Morgan fingerprint density at radius 3 is 2.83 bits per heavy atom. The standard InChI is InChI=1S/C11H17BrN4O2/c1-4-18-11(17)9(12)10(16(2)3)14-8-6-5-7-13-15-8/h5-7,9-10H,4H2,1-3H3,(H,14,15). The van der Waals surface area contributed by atoms with Crippen LogP contribution in [0.25, 0.3) is 0 Å². The van der Waals surface area contributed by atoms with Crippen LogP contribution in [0.15, 0.2) is 18.3 Å². The molecule has 0 aliphatic carbocycles. The van der Waals surface area contributed by atoms with Crippen LogP contribution in [0.2, 0.25) is 0 Å². The first-order valence-electron chi connectivity index (χ1n) is 5.57. The van der Waals surface area contributed by atoms with E-state index in [0.717, 1.165) is 0 Å². The zero-order valence-electron chi connectivity index (χ0n) is 10.6. The molecule has 0 aliphatic heterocycles. The molecule has 0 radical (unpaired) electrons. The summed E-state index contributed by atoms with van der Waals surface area (Å²) >= 11 is 3.34. The molecule has 0 fully saturated rings. The number of aromatic nitrogens is 2. The van der Waals surface area contributed by atoms with E-state index in [-0.39, 0.29) is 12.1 Å². The summed E-state index contributed by atoms with van der Waals surface area (Å²) < 4.78 is 4.98. The second-order valence-corrected chi connectivity index (χ2v) is 4.80. The van der Waals surface area contributed by atoms with E-state index in [2.05, 4.69) is 31.4 Å². The molecule has 1 rings (SSSR count). The number of carbonyl (C=O) groups is 1. The van der Waals surface area contributed by atoms with Crippen LogP contribution in [-0.2, 0) is 9.53 Å². The van der Waals surface area contributed by atoms with E-state index >= 15 is 0 Å². The molecule has 0 bridgehead atoms.